The van der Waals surface area contributed by atoms with Gasteiger partial charge in [-0.25, -0.2) is 0 Å². The lowest BCUT2D eigenvalue weighted by atomic mass is 10.1. The molecule has 2 aromatic rings. The molecule has 6 heteroatoms. The Morgan fingerprint density at radius 2 is 1.95 bits per heavy atom. The number of benzene rings is 2. The molecule has 0 unspecified atom stereocenters. The van der Waals surface area contributed by atoms with E-state index in [1.165, 1.54) is 0 Å². The highest BCUT2D eigenvalue weighted by molar-refractivity contribution is 9.10. The molecule has 0 saturated carbocycles. The number of nitrogens with two attached hydrogens (primary N) is 1. The zero-order valence-corrected chi connectivity index (χ0v) is 13.0. The summed E-state index contributed by atoms with van der Waals surface area (Å²) in [6.45, 7) is 0.367. The number of amidine groups is 1. The molecule has 3 N–H and O–H groups in total. The highest BCUT2D eigenvalue weighted by atomic mass is 79.9. The number of rotatable bonds is 5. The Morgan fingerprint density at radius 1 is 1.24 bits per heavy atom. The summed E-state index contributed by atoms with van der Waals surface area (Å²) in [5.74, 6) is 1.12. The third kappa shape index (κ3) is 3.88. The van der Waals surface area contributed by atoms with Gasteiger partial charge in [-0.3, -0.25) is 0 Å². The zero-order chi connectivity index (χ0) is 15.2. The average Bonchev–Trinajstić information content (AvgIpc) is 2.53. The number of oxime groups is 1. The Kier molecular flexibility index (Phi) is 5.05. The second-order valence-electron chi connectivity index (χ2n) is 4.26. The first-order chi connectivity index (χ1) is 10.1. The predicted octanol–water partition coefficient (Wildman–Crippen LogP) is 3.13. The van der Waals surface area contributed by atoms with Gasteiger partial charge in [0.15, 0.2) is 5.84 Å². The van der Waals surface area contributed by atoms with E-state index >= 15 is 0 Å². The molecule has 0 fully saturated rings. The smallest absolute Gasteiger partial charge is 0.173 e. The average molecular weight is 351 g/mol. The SMILES string of the molecule is COc1ccc(/C(N)=N/O)c(OCc2ccc(Br)cc2)c1. The number of hydrogen-bond acceptors (Lipinski definition) is 4. The Bertz CT molecular complexity index is 642. The maximum absolute atomic E-state index is 8.83. The van der Waals surface area contributed by atoms with Gasteiger partial charge in [0, 0.05) is 10.5 Å². The largest absolute Gasteiger partial charge is 0.497 e. The number of halogens is 1. The second kappa shape index (κ2) is 6.99. The zero-order valence-electron chi connectivity index (χ0n) is 11.4. The van der Waals surface area contributed by atoms with Gasteiger partial charge in [0.1, 0.15) is 18.1 Å². The third-order valence-corrected chi connectivity index (χ3v) is 3.41. The standard InChI is InChI=1S/C15H15BrN2O3/c1-20-12-6-7-13(15(17)18-19)14(8-12)21-9-10-2-4-11(16)5-3-10/h2-8,19H,9H2,1H3,(H2,17,18). The van der Waals surface area contributed by atoms with Crippen LogP contribution >= 0.6 is 15.9 Å². The number of nitrogens with zero attached hydrogens (tertiary/aromatic N) is 1. The highest BCUT2D eigenvalue weighted by Gasteiger charge is 2.10. The fraction of sp³-hybridized carbons (Fsp3) is 0.133. The minimum atomic E-state index is -0.0107. The molecular formula is C15H15BrN2O3. The number of methoxy groups -OCH3 is 1. The van der Waals surface area contributed by atoms with Gasteiger partial charge in [0.2, 0.25) is 0 Å². The van der Waals surface area contributed by atoms with Crippen LogP contribution in [-0.4, -0.2) is 18.2 Å². The molecule has 0 spiro atoms. The summed E-state index contributed by atoms with van der Waals surface area (Å²) in [4.78, 5) is 0. The first-order valence-corrected chi connectivity index (χ1v) is 6.96. The maximum Gasteiger partial charge on any atom is 0.173 e. The lowest BCUT2D eigenvalue weighted by Crippen LogP contribution is -2.15. The van der Waals surface area contributed by atoms with Gasteiger partial charge in [-0.1, -0.05) is 33.2 Å². The van der Waals surface area contributed by atoms with Crippen LogP contribution in [0.5, 0.6) is 11.5 Å². The van der Waals surface area contributed by atoms with Crippen molar-refractivity contribution in [1.29, 1.82) is 0 Å². The van der Waals surface area contributed by atoms with Gasteiger partial charge in [-0.2, -0.15) is 0 Å². The fourth-order valence-electron chi connectivity index (χ4n) is 1.76. The van der Waals surface area contributed by atoms with Crippen molar-refractivity contribution < 1.29 is 14.7 Å². The fourth-order valence-corrected chi connectivity index (χ4v) is 2.02. The van der Waals surface area contributed by atoms with E-state index in [4.69, 9.17) is 20.4 Å². The molecule has 0 amide bonds. The summed E-state index contributed by atoms with van der Waals surface area (Å²) in [7, 11) is 1.57. The van der Waals surface area contributed by atoms with Crippen LogP contribution in [0.15, 0.2) is 52.1 Å². The van der Waals surface area contributed by atoms with Crippen LogP contribution in [0, 0.1) is 0 Å². The lowest BCUT2D eigenvalue weighted by molar-refractivity contribution is 0.301. The molecule has 21 heavy (non-hydrogen) atoms. The van der Waals surface area contributed by atoms with Gasteiger partial charge in [-0.05, 0) is 29.8 Å². The lowest BCUT2D eigenvalue weighted by Gasteiger charge is -2.12. The van der Waals surface area contributed by atoms with Crippen LogP contribution in [0.3, 0.4) is 0 Å². The van der Waals surface area contributed by atoms with Gasteiger partial charge >= 0.3 is 0 Å². The van der Waals surface area contributed by atoms with E-state index in [9.17, 15) is 0 Å². The van der Waals surface area contributed by atoms with E-state index in [0.29, 0.717) is 23.7 Å². The summed E-state index contributed by atoms with van der Waals surface area (Å²) < 4.78 is 11.9. The Hall–Kier alpha value is -2.21. The first kappa shape index (κ1) is 15.2. The summed E-state index contributed by atoms with van der Waals surface area (Å²) in [5, 5.41) is 11.8. The summed E-state index contributed by atoms with van der Waals surface area (Å²) in [6, 6.07) is 12.9. The van der Waals surface area contributed by atoms with Crippen LogP contribution in [0.2, 0.25) is 0 Å². The van der Waals surface area contributed by atoms with Gasteiger partial charge in [0.25, 0.3) is 0 Å². The van der Waals surface area contributed by atoms with Crippen molar-refractivity contribution in [1.82, 2.24) is 0 Å². The molecule has 0 aromatic heterocycles. The van der Waals surface area contributed by atoms with E-state index in [0.717, 1.165) is 10.0 Å². The van der Waals surface area contributed by atoms with Crippen LogP contribution in [-0.2, 0) is 6.61 Å². The van der Waals surface area contributed by atoms with Crippen molar-refractivity contribution in [3.05, 3.63) is 58.1 Å². The van der Waals surface area contributed by atoms with Crippen molar-refractivity contribution in [2.75, 3.05) is 7.11 Å². The van der Waals surface area contributed by atoms with Crippen molar-refractivity contribution >= 4 is 21.8 Å². The summed E-state index contributed by atoms with van der Waals surface area (Å²) in [5.41, 5.74) is 7.16. The quantitative estimate of drug-likeness (QED) is 0.376. The molecule has 0 heterocycles. The Balaban J connectivity index is 2.22. The van der Waals surface area contributed by atoms with Crippen LogP contribution < -0.4 is 15.2 Å². The van der Waals surface area contributed by atoms with Crippen molar-refractivity contribution in [2.45, 2.75) is 6.61 Å². The molecule has 0 saturated heterocycles. The predicted molar refractivity (Wildman–Crippen MR) is 84.0 cm³/mol. The normalized spacial score (nSPS) is 11.2. The third-order valence-electron chi connectivity index (χ3n) is 2.88. The number of hydrogen-bond donors (Lipinski definition) is 2. The molecule has 0 radical (unpaired) electrons. The van der Waals surface area contributed by atoms with Crippen molar-refractivity contribution in [2.24, 2.45) is 10.9 Å². The molecule has 110 valence electrons. The molecule has 0 atom stereocenters. The molecule has 0 bridgehead atoms. The topological polar surface area (TPSA) is 77.1 Å². The highest BCUT2D eigenvalue weighted by Crippen LogP contribution is 2.25. The number of ether oxygens (including phenoxy) is 2. The van der Waals surface area contributed by atoms with E-state index < -0.39 is 0 Å². The minimum absolute atomic E-state index is 0.0107. The molecule has 2 aromatic carbocycles. The Labute approximate surface area is 131 Å². The molecule has 0 aliphatic carbocycles. The Morgan fingerprint density at radius 3 is 2.57 bits per heavy atom. The molecule has 5 nitrogen and oxygen atoms in total. The van der Waals surface area contributed by atoms with Crippen LogP contribution in [0.1, 0.15) is 11.1 Å². The summed E-state index contributed by atoms with van der Waals surface area (Å²) >= 11 is 3.38. The van der Waals surface area contributed by atoms with Crippen molar-refractivity contribution in [3.63, 3.8) is 0 Å². The monoisotopic (exact) mass is 350 g/mol. The first-order valence-electron chi connectivity index (χ1n) is 6.17. The molecular weight excluding hydrogens is 336 g/mol. The van der Waals surface area contributed by atoms with E-state index in [1.54, 1.807) is 25.3 Å². The van der Waals surface area contributed by atoms with Crippen molar-refractivity contribution in [3.8, 4) is 11.5 Å². The van der Waals surface area contributed by atoms with Crippen LogP contribution in [0.4, 0.5) is 0 Å². The van der Waals surface area contributed by atoms with E-state index in [-0.39, 0.29) is 5.84 Å². The second-order valence-corrected chi connectivity index (χ2v) is 5.18. The van der Waals surface area contributed by atoms with Crippen LogP contribution in [0.25, 0.3) is 0 Å². The molecule has 0 aliphatic heterocycles. The minimum Gasteiger partial charge on any atom is -0.497 e. The summed E-state index contributed by atoms with van der Waals surface area (Å²) in [6.07, 6.45) is 0. The molecule has 0 aliphatic rings. The van der Waals surface area contributed by atoms with E-state index in [2.05, 4.69) is 21.1 Å². The van der Waals surface area contributed by atoms with Gasteiger partial charge < -0.3 is 20.4 Å². The van der Waals surface area contributed by atoms with Gasteiger partial charge in [0.05, 0.1) is 12.7 Å². The molecule has 2 rings (SSSR count). The van der Waals surface area contributed by atoms with E-state index in [1.807, 2.05) is 24.3 Å². The maximum atomic E-state index is 8.83. The van der Waals surface area contributed by atoms with Gasteiger partial charge in [-0.15, -0.1) is 0 Å².